The molecule has 0 bridgehead atoms. The van der Waals surface area contributed by atoms with Gasteiger partial charge in [-0.2, -0.15) is 0 Å². The number of fused-ring (bicyclic) bond motifs is 1. The zero-order chi connectivity index (χ0) is 21.5. The summed E-state index contributed by atoms with van der Waals surface area (Å²) in [5.74, 6) is 1.76. The van der Waals surface area contributed by atoms with Crippen LogP contribution in [0.2, 0.25) is 0 Å². The molecule has 2 N–H and O–H groups in total. The van der Waals surface area contributed by atoms with E-state index in [1.807, 2.05) is 30.3 Å². The molecular weight excluding hydrogens is 456 g/mol. The number of hydrogen-bond donors (Lipinski definition) is 2. The van der Waals surface area contributed by atoms with Crippen molar-refractivity contribution in [3.05, 3.63) is 86.9 Å². The molecule has 0 radical (unpaired) electrons. The van der Waals surface area contributed by atoms with Gasteiger partial charge in [-0.05, 0) is 66.9 Å². The van der Waals surface area contributed by atoms with Crippen LogP contribution < -0.4 is 14.8 Å². The fourth-order valence-electron chi connectivity index (χ4n) is 4.25. The Hall–Kier alpha value is -2.83. The van der Waals surface area contributed by atoms with Crippen LogP contribution >= 0.6 is 15.9 Å². The summed E-state index contributed by atoms with van der Waals surface area (Å²) in [6.07, 6.45) is 0.420. The van der Waals surface area contributed by atoms with Crippen molar-refractivity contribution in [1.82, 2.24) is 5.32 Å². The Morgan fingerprint density at radius 1 is 0.968 bits per heavy atom. The first-order valence-corrected chi connectivity index (χ1v) is 11.1. The molecule has 0 amide bonds. The van der Waals surface area contributed by atoms with Crippen LogP contribution in [0.15, 0.2) is 64.1 Å². The minimum absolute atomic E-state index is 0.0962. The van der Waals surface area contributed by atoms with E-state index in [4.69, 9.17) is 14.5 Å². The molecule has 0 saturated heterocycles. The van der Waals surface area contributed by atoms with Crippen LogP contribution in [0, 0.1) is 13.8 Å². The van der Waals surface area contributed by atoms with E-state index in [2.05, 4.69) is 53.3 Å². The largest absolute Gasteiger partial charge is 0.508 e. The van der Waals surface area contributed by atoms with Crippen LogP contribution in [0.4, 0.5) is 0 Å². The molecular formula is C25H23BrN2O3. The van der Waals surface area contributed by atoms with Crippen LogP contribution in [0.1, 0.15) is 46.4 Å². The first kappa shape index (κ1) is 20.1. The highest BCUT2D eigenvalue weighted by molar-refractivity contribution is 9.10. The smallest absolute Gasteiger partial charge is 0.231 e. The van der Waals surface area contributed by atoms with E-state index in [1.165, 1.54) is 11.1 Å². The Labute approximate surface area is 189 Å². The van der Waals surface area contributed by atoms with Crippen molar-refractivity contribution in [3.63, 3.8) is 0 Å². The number of phenols is 1. The molecule has 31 heavy (non-hydrogen) atoms. The van der Waals surface area contributed by atoms with E-state index < -0.39 is 0 Å². The van der Waals surface area contributed by atoms with Crippen molar-refractivity contribution in [3.8, 4) is 17.2 Å². The van der Waals surface area contributed by atoms with Crippen molar-refractivity contribution >= 4 is 21.6 Å². The van der Waals surface area contributed by atoms with Gasteiger partial charge in [-0.15, -0.1) is 0 Å². The average Bonchev–Trinajstić information content (AvgIpc) is 3.23. The highest BCUT2D eigenvalue weighted by atomic mass is 79.9. The molecule has 2 heterocycles. The van der Waals surface area contributed by atoms with Crippen molar-refractivity contribution in [2.75, 3.05) is 6.79 Å². The SMILES string of the molecule is Cc1ccc([C@@H]2N=C(c3ccc4c(c3)OCO4)C[C@H](c3cc(Br)ccc3O)N2)c(C)c1. The molecule has 0 aliphatic carbocycles. The lowest BCUT2D eigenvalue weighted by Crippen LogP contribution is -2.33. The van der Waals surface area contributed by atoms with Crippen molar-refractivity contribution in [2.45, 2.75) is 32.5 Å². The number of ether oxygens (including phenoxy) is 2. The van der Waals surface area contributed by atoms with E-state index in [-0.39, 0.29) is 24.8 Å². The average molecular weight is 479 g/mol. The van der Waals surface area contributed by atoms with Gasteiger partial charge in [0.1, 0.15) is 11.9 Å². The van der Waals surface area contributed by atoms with Crippen LogP contribution in [-0.2, 0) is 0 Å². The summed E-state index contributed by atoms with van der Waals surface area (Å²) in [5.41, 5.74) is 6.34. The number of hydrogen-bond acceptors (Lipinski definition) is 5. The summed E-state index contributed by atoms with van der Waals surface area (Å²) >= 11 is 3.54. The summed E-state index contributed by atoms with van der Waals surface area (Å²) in [4.78, 5) is 5.08. The monoisotopic (exact) mass is 478 g/mol. The minimum Gasteiger partial charge on any atom is -0.508 e. The van der Waals surface area contributed by atoms with Crippen molar-refractivity contribution in [1.29, 1.82) is 0 Å². The van der Waals surface area contributed by atoms with Crippen LogP contribution in [0.3, 0.4) is 0 Å². The first-order valence-electron chi connectivity index (χ1n) is 10.3. The van der Waals surface area contributed by atoms with Crippen molar-refractivity contribution < 1.29 is 14.6 Å². The molecule has 158 valence electrons. The van der Waals surface area contributed by atoms with Crippen LogP contribution in [0.25, 0.3) is 0 Å². The number of aliphatic imine (C=N–C) groups is 1. The molecule has 0 unspecified atom stereocenters. The fourth-order valence-corrected chi connectivity index (χ4v) is 4.63. The summed E-state index contributed by atoms with van der Waals surface area (Å²) in [5, 5.41) is 14.2. The maximum absolute atomic E-state index is 10.6. The van der Waals surface area contributed by atoms with Gasteiger partial charge in [0.2, 0.25) is 6.79 Å². The van der Waals surface area contributed by atoms with E-state index in [0.717, 1.165) is 38.4 Å². The number of phenolic OH excluding ortho intramolecular Hbond substituents is 1. The Bertz CT molecular complexity index is 1190. The van der Waals surface area contributed by atoms with Crippen LogP contribution in [0.5, 0.6) is 17.2 Å². The first-order chi connectivity index (χ1) is 15.0. The number of nitrogens with one attached hydrogen (secondary N) is 1. The highest BCUT2D eigenvalue weighted by Gasteiger charge is 2.29. The third kappa shape index (κ3) is 3.93. The molecule has 6 heteroatoms. The molecule has 2 aliphatic heterocycles. The summed E-state index contributed by atoms with van der Waals surface area (Å²) in [7, 11) is 0. The van der Waals surface area contributed by atoms with Gasteiger partial charge in [0.25, 0.3) is 0 Å². The number of nitrogens with zero attached hydrogens (tertiary/aromatic N) is 1. The van der Waals surface area contributed by atoms with E-state index >= 15 is 0 Å². The molecule has 0 aromatic heterocycles. The summed E-state index contributed by atoms with van der Waals surface area (Å²) < 4.78 is 12.0. The predicted octanol–water partition coefficient (Wildman–Crippen LogP) is 5.72. The molecule has 3 aromatic carbocycles. The Morgan fingerprint density at radius 2 is 1.81 bits per heavy atom. The quantitative estimate of drug-likeness (QED) is 0.504. The molecule has 2 atom stereocenters. The standard InChI is InChI=1S/C25H23BrN2O3/c1-14-3-6-18(15(2)9-14)25-27-20(16-4-8-23-24(10-16)31-13-30-23)12-21(28-25)19-11-17(26)5-7-22(19)29/h3-11,21,25,28-29H,12-13H2,1-2H3/t21-,25-/m1/s1. The maximum Gasteiger partial charge on any atom is 0.231 e. The zero-order valence-electron chi connectivity index (χ0n) is 17.4. The molecule has 0 fully saturated rings. The van der Waals surface area contributed by atoms with E-state index in [1.54, 1.807) is 6.07 Å². The van der Waals surface area contributed by atoms with Crippen molar-refractivity contribution in [2.24, 2.45) is 4.99 Å². The number of rotatable bonds is 3. The van der Waals surface area contributed by atoms with Gasteiger partial charge in [-0.3, -0.25) is 10.3 Å². The van der Waals surface area contributed by atoms with Gasteiger partial charge in [0, 0.05) is 28.2 Å². The second-order valence-corrected chi connectivity index (χ2v) is 8.95. The topological polar surface area (TPSA) is 63.1 Å². The molecule has 0 saturated carbocycles. The zero-order valence-corrected chi connectivity index (χ0v) is 18.9. The van der Waals surface area contributed by atoms with Gasteiger partial charge in [0.05, 0.1) is 0 Å². The van der Waals surface area contributed by atoms with E-state index in [9.17, 15) is 5.11 Å². The minimum atomic E-state index is -0.224. The number of aromatic hydroxyl groups is 1. The fraction of sp³-hybridized carbons (Fsp3) is 0.240. The molecule has 5 rings (SSSR count). The summed E-state index contributed by atoms with van der Waals surface area (Å²) in [6.45, 7) is 4.45. The van der Waals surface area contributed by atoms with Gasteiger partial charge in [-0.1, -0.05) is 39.7 Å². The normalized spacial score (nSPS) is 19.9. The predicted molar refractivity (Wildman–Crippen MR) is 124 cm³/mol. The highest BCUT2D eigenvalue weighted by Crippen LogP contribution is 2.38. The van der Waals surface area contributed by atoms with Gasteiger partial charge < -0.3 is 14.6 Å². The Morgan fingerprint density at radius 3 is 2.65 bits per heavy atom. The Kier molecular flexibility index (Phi) is 5.20. The van der Waals surface area contributed by atoms with E-state index in [0.29, 0.717) is 6.42 Å². The number of benzene rings is 3. The van der Waals surface area contributed by atoms with Gasteiger partial charge >= 0.3 is 0 Å². The third-order valence-corrected chi connectivity index (χ3v) is 6.33. The lowest BCUT2D eigenvalue weighted by Gasteiger charge is -2.31. The van der Waals surface area contributed by atoms with Gasteiger partial charge in [0.15, 0.2) is 11.5 Å². The molecule has 2 aliphatic rings. The molecule has 3 aromatic rings. The number of halogens is 1. The second-order valence-electron chi connectivity index (χ2n) is 8.03. The molecule has 5 nitrogen and oxygen atoms in total. The third-order valence-electron chi connectivity index (χ3n) is 5.83. The maximum atomic E-state index is 10.6. The van der Waals surface area contributed by atoms with Crippen LogP contribution in [-0.4, -0.2) is 17.6 Å². The lowest BCUT2D eigenvalue weighted by atomic mass is 9.92. The summed E-state index contributed by atoms with van der Waals surface area (Å²) in [6, 6.07) is 17.8. The lowest BCUT2D eigenvalue weighted by molar-refractivity contribution is 0.174. The number of aryl methyl sites for hydroxylation is 2. The molecule has 0 spiro atoms. The van der Waals surface area contributed by atoms with Gasteiger partial charge in [-0.25, -0.2) is 0 Å². The Balaban J connectivity index is 1.59. The second kappa shape index (κ2) is 8.02.